The Hall–Kier alpha value is -0.661. The molecule has 0 saturated carbocycles. The van der Waals surface area contributed by atoms with E-state index in [4.69, 9.17) is 7.48 Å². The Labute approximate surface area is 79.4 Å². The standard InChI is InChI=1S/C9H12O2Se/c1-3-12(10)9-6-4-8(11-2)5-7-9/h4-7H,3H2,1-2H3/i3+1H2. The molecule has 0 amide bonds. The van der Waals surface area contributed by atoms with E-state index in [1.807, 2.05) is 0 Å². The first-order valence-corrected chi connectivity index (χ1v) is 5.92. The summed E-state index contributed by atoms with van der Waals surface area (Å²) in [5.41, 5.74) is 0. The Morgan fingerprint density at radius 2 is 2.08 bits per heavy atom. The van der Waals surface area contributed by atoms with Gasteiger partial charge in [0, 0.05) is 0 Å². The van der Waals surface area contributed by atoms with Gasteiger partial charge >= 0.3 is 78.9 Å². The number of ether oxygens (including phenoxy) is 1. The van der Waals surface area contributed by atoms with E-state index in [1.165, 1.54) is 6.92 Å². The van der Waals surface area contributed by atoms with E-state index >= 15 is 0 Å². The van der Waals surface area contributed by atoms with Gasteiger partial charge in [0.25, 0.3) is 0 Å². The molecule has 1 rings (SSSR count). The van der Waals surface area contributed by atoms with Gasteiger partial charge in [-0.05, 0) is 0 Å². The molecular weight excluding hydrogens is 220 g/mol. The van der Waals surface area contributed by atoms with Gasteiger partial charge in [0.2, 0.25) is 0 Å². The molecule has 12 heavy (non-hydrogen) atoms. The first-order valence-electron chi connectivity index (χ1n) is 4.51. The summed E-state index contributed by atoms with van der Waals surface area (Å²) in [4.78, 5) is 0. The average Bonchev–Trinajstić information content (AvgIpc) is 2.15. The molecule has 3 heteroatoms. The zero-order valence-corrected chi connectivity index (χ0v) is 8.75. The van der Waals surface area contributed by atoms with E-state index in [0.29, 0.717) is 10.2 Å². The minimum atomic E-state index is -2.61. The van der Waals surface area contributed by atoms with Crippen molar-refractivity contribution in [2.24, 2.45) is 0 Å². The van der Waals surface area contributed by atoms with Crippen LogP contribution in [0.4, 0.5) is 0 Å². The SMILES string of the molecule is [1H][13C]([1H])(C)[Se](=O)c1ccc(OC)cc1. The number of rotatable bonds is 3. The maximum atomic E-state index is 11.7. The van der Waals surface area contributed by atoms with Crippen molar-refractivity contribution < 1.29 is 11.3 Å². The molecule has 0 aromatic heterocycles. The normalized spacial score (nSPS) is 16.2. The number of benzene rings is 1. The van der Waals surface area contributed by atoms with Crippen molar-refractivity contribution in [3.63, 3.8) is 0 Å². The number of methoxy groups -OCH3 is 1. The van der Waals surface area contributed by atoms with Crippen molar-refractivity contribution in [1.82, 2.24) is 0 Å². The second kappa shape index (κ2) is 4.39. The van der Waals surface area contributed by atoms with E-state index in [0.717, 1.165) is 0 Å². The number of hydrogen-bond acceptors (Lipinski definition) is 2. The van der Waals surface area contributed by atoms with Crippen LogP contribution in [0.25, 0.3) is 0 Å². The van der Waals surface area contributed by atoms with Gasteiger partial charge in [0.05, 0.1) is 0 Å². The topological polar surface area (TPSA) is 26.3 Å². The first kappa shape index (κ1) is 6.81. The van der Waals surface area contributed by atoms with Gasteiger partial charge in [-0.3, -0.25) is 0 Å². The van der Waals surface area contributed by atoms with Gasteiger partial charge in [-0.25, -0.2) is 0 Å². The Balaban J connectivity index is 2.93. The van der Waals surface area contributed by atoms with Gasteiger partial charge in [-0.15, -0.1) is 0 Å². The van der Waals surface area contributed by atoms with Crippen LogP contribution in [0.2, 0.25) is 5.27 Å². The summed E-state index contributed by atoms with van der Waals surface area (Å²) in [6.45, 7) is 1.34. The molecule has 0 aliphatic heterocycles. The molecule has 2 nitrogen and oxygen atoms in total. The molecule has 0 aliphatic rings. The van der Waals surface area contributed by atoms with Crippen LogP contribution in [0.15, 0.2) is 24.3 Å². The summed E-state index contributed by atoms with van der Waals surface area (Å²) in [5, 5.41) is -1.62. The molecule has 1 atom stereocenters. The molecule has 0 saturated heterocycles. The van der Waals surface area contributed by atoms with Gasteiger partial charge < -0.3 is 0 Å². The Kier molecular flexibility index (Phi) is 2.49. The van der Waals surface area contributed by atoms with Gasteiger partial charge in [0.1, 0.15) is 0 Å². The van der Waals surface area contributed by atoms with Crippen LogP contribution in [0, 0.1) is 0 Å². The Morgan fingerprint density at radius 3 is 2.50 bits per heavy atom. The summed E-state index contributed by atoms with van der Waals surface area (Å²) < 4.78 is 31.9. The maximum absolute atomic E-state index is 11.7. The van der Waals surface area contributed by atoms with Crippen LogP contribution in [-0.2, 0) is 3.83 Å². The zero-order valence-electron chi connectivity index (χ0n) is 9.03. The Bertz CT molecular complexity index is 330. The van der Waals surface area contributed by atoms with Crippen LogP contribution in [0.3, 0.4) is 0 Å². The van der Waals surface area contributed by atoms with Crippen LogP contribution in [-0.4, -0.2) is 20.9 Å². The van der Waals surface area contributed by atoms with E-state index in [9.17, 15) is 3.83 Å². The molecule has 0 bridgehead atoms. The summed E-state index contributed by atoms with van der Waals surface area (Å²) in [6.07, 6.45) is 0. The molecule has 66 valence electrons. The third-order valence-corrected chi connectivity index (χ3v) is 3.71. The van der Waals surface area contributed by atoms with Crippen molar-refractivity contribution >= 4 is 18.3 Å². The van der Waals surface area contributed by atoms with Crippen molar-refractivity contribution in [2.45, 2.75) is 12.2 Å². The van der Waals surface area contributed by atoms with Crippen molar-refractivity contribution in [2.75, 3.05) is 7.11 Å². The molecule has 0 radical (unpaired) electrons. The van der Waals surface area contributed by atoms with E-state index in [-0.39, 0.29) is 0 Å². The fourth-order valence-electron chi connectivity index (χ4n) is 0.817. The molecule has 1 unspecified atom stereocenters. The van der Waals surface area contributed by atoms with Gasteiger partial charge in [0.15, 0.2) is 0 Å². The van der Waals surface area contributed by atoms with Crippen LogP contribution >= 0.6 is 0 Å². The Morgan fingerprint density at radius 1 is 1.50 bits per heavy atom. The summed E-state index contributed by atoms with van der Waals surface area (Å²) in [6, 6.07) is 6.68. The fourth-order valence-corrected chi connectivity index (χ4v) is 2.12. The third-order valence-electron chi connectivity index (χ3n) is 1.46. The van der Waals surface area contributed by atoms with E-state index in [2.05, 4.69) is 0 Å². The quantitative estimate of drug-likeness (QED) is 0.580. The summed E-state index contributed by atoms with van der Waals surface area (Å²) in [5.74, 6) is 0.684. The molecule has 0 fully saturated rings. The first-order chi connectivity index (χ1) is 6.45. The molecule has 0 heterocycles. The second-order valence-corrected chi connectivity index (χ2v) is 5.12. The molecule has 1 aromatic carbocycles. The predicted octanol–water partition coefficient (Wildman–Crippen LogP) is 1.34. The summed E-state index contributed by atoms with van der Waals surface area (Å²) in [7, 11) is 1.55. The van der Waals surface area contributed by atoms with Crippen LogP contribution < -0.4 is 9.20 Å². The van der Waals surface area contributed by atoms with E-state index < -0.39 is 19.1 Å². The van der Waals surface area contributed by atoms with Crippen LogP contribution in [0.1, 0.15) is 9.67 Å². The predicted molar refractivity (Wildman–Crippen MR) is 49.5 cm³/mol. The van der Waals surface area contributed by atoms with Gasteiger partial charge in [-0.1, -0.05) is 0 Å². The number of hydrogen-bond donors (Lipinski definition) is 0. The van der Waals surface area contributed by atoms with Crippen molar-refractivity contribution in [3.05, 3.63) is 24.3 Å². The average molecular weight is 232 g/mol. The third kappa shape index (κ3) is 2.16. The van der Waals surface area contributed by atoms with Gasteiger partial charge in [-0.2, -0.15) is 0 Å². The molecule has 0 spiro atoms. The molecule has 0 N–H and O–H groups in total. The van der Waals surface area contributed by atoms with Crippen LogP contribution in [0.5, 0.6) is 5.75 Å². The molecule has 0 aliphatic carbocycles. The zero-order chi connectivity index (χ0) is 10.8. The summed E-state index contributed by atoms with van der Waals surface area (Å²) >= 11 is -2.61. The van der Waals surface area contributed by atoms with E-state index in [1.54, 1.807) is 31.4 Å². The van der Waals surface area contributed by atoms with Crippen molar-refractivity contribution in [3.8, 4) is 5.75 Å². The fraction of sp³-hybridized carbons (Fsp3) is 0.333. The monoisotopic (exact) mass is 233 g/mol. The second-order valence-electron chi connectivity index (χ2n) is 2.15. The molecular formula is C9H12O2Se. The molecule has 1 aromatic rings. The minimum absolute atomic E-state index is 0.568. The van der Waals surface area contributed by atoms with Crippen molar-refractivity contribution in [1.29, 1.82) is 0 Å².